The van der Waals surface area contributed by atoms with Crippen LogP contribution < -0.4 is 0 Å². The van der Waals surface area contributed by atoms with Crippen LogP contribution in [0, 0.1) is 11.3 Å². The fraction of sp³-hybridized carbons (Fsp3) is 0.393. The molecule has 2 heterocycles. The lowest BCUT2D eigenvalue weighted by atomic mass is 9.77. The first-order valence-corrected chi connectivity index (χ1v) is 13.8. The van der Waals surface area contributed by atoms with E-state index in [1.807, 2.05) is 41.1 Å². The molecule has 0 N–H and O–H groups in total. The first-order chi connectivity index (χ1) is 18.4. The summed E-state index contributed by atoms with van der Waals surface area (Å²) >= 11 is 18.1. The monoisotopic (exact) mass is 571 g/mol. The minimum Gasteiger partial charge on any atom is -0.252 e. The number of nitrogens with zero attached hydrogens (tertiary/aromatic N) is 7. The van der Waals surface area contributed by atoms with Crippen molar-refractivity contribution in [2.75, 3.05) is 0 Å². The molecule has 0 saturated heterocycles. The summed E-state index contributed by atoms with van der Waals surface area (Å²) in [5.74, 6) is 0.335. The van der Waals surface area contributed by atoms with E-state index in [4.69, 9.17) is 34.8 Å². The summed E-state index contributed by atoms with van der Waals surface area (Å²) < 4.78 is 3.55. The summed E-state index contributed by atoms with van der Waals surface area (Å²) in [6, 6.07) is 15.7. The highest BCUT2D eigenvalue weighted by atomic mass is 35.5. The van der Waals surface area contributed by atoms with E-state index in [2.05, 4.69) is 40.1 Å². The summed E-state index contributed by atoms with van der Waals surface area (Å²) in [5, 5.41) is 20.1. The molecule has 2 atom stereocenters. The first-order valence-electron chi connectivity index (χ1n) is 12.7. The van der Waals surface area contributed by atoms with Gasteiger partial charge in [-0.1, -0.05) is 86.1 Å². The van der Waals surface area contributed by atoms with E-state index in [-0.39, 0.29) is 0 Å². The summed E-state index contributed by atoms with van der Waals surface area (Å²) in [7, 11) is 0. The van der Waals surface area contributed by atoms with Gasteiger partial charge in [0.05, 0.1) is 12.6 Å². The zero-order valence-electron chi connectivity index (χ0n) is 21.6. The Morgan fingerprint density at radius 3 is 2.11 bits per heavy atom. The minimum absolute atomic E-state index is 0.335. The van der Waals surface area contributed by atoms with E-state index >= 15 is 0 Å². The summed E-state index contributed by atoms with van der Waals surface area (Å²) in [4.78, 5) is 7.91. The Morgan fingerprint density at radius 2 is 1.55 bits per heavy atom. The van der Waals surface area contributed by atoms with E-state index in [1.54, 1.807) is 29.7 Å². The molecule has 0 amide bonds. The van der Waals surface area contributed by atoms with Gasteiger partial charge in [-0.2, -0.15) is 15.5 Å². The van der Waals surface area contributed by atoms with Crippen molar-refractivity contribution in [2.45, 2.75) is 70.4 Å². The molecule has 4 aromatic rings. The molecular weight excluding hydrogens is 541 g/mol. The van der Waals surface area contributed by atoms with Crippen LogP contribution in [0.2, 0.25) is 15.1 Å². The summed E-state index contributed by atoms with van der Waals surface area (Å²) in [5.41, 5.74) is 1.51. The van der Waals surface area contributed by atoms with Gasteiger partial charge in [-0.25, -0.2) is 9.97 Å². The molecule has 0 radical (unpaired) electrons. The van der Waals surface area contributed by atoms with E-state index in [0.717, 1.165) is 54.8 Å². The van der Waals surface area contributed by atoms with Crippen LogP contribution in [0.4, 0.5) is 0 Å². The average molecular weight is 573 g/mol. The van der Waals surface area contributed by atoms with Crippen molar-refractivity contribution in [3.05, 3.63) is 94.0 Å². The van der Waals surface area contributed by atoms with Crippen molar-refractivity contribution in [3.8, 4) is 6.07 Å². The highest BCUT2D eigenvalue weighted by Gasteiger charge is 2.32. The highest BCUT2D eigenvalue weighted by molar-refractivity contribution is 6.35. The van der Waals surface area contributed by atoms with E-state index in [1.165, 1.54) is 6.33 Å². The number of rotatable bonds is 11. The quantitative estimate of drug-likeness (QED) is 0.183. The van der Waals surface area contributed by atoms with Crippen LogP contribution in [0.25, 0.3) is 0 Å². The predicted molar refractivity (Wildman–Crippen MR) is 152 cm³/mol. The second-order valence-electron chi connectivity index (χ2n) is 9.17. The lowest BCUT2D eigenvalue weighted by molar-refractivity contribution is 0.390. The van der Waals surface area contributed by atoms with Crippen LogP contribution in [-0.4, -0.2) is 29.5 Å². The Labute approximate surface area is 239 Å². The minimum atomic E-state index is -0.589. The van der Waals surface area contributed by atoms with Gasteiger partial charge in [-0.15, -0.1) is 0 Å². The number of nitriles is 1. The molecule has 0 aliphatic carbocycles. The van der Waals surface area contributed by atoms with E-state index in [9.17, 15) is 5.26 Å². The lowest BCUT2D eigenvalue weighted by Gasteiger charge is -2.27. The molecule has 0 bridgehead atoms. The first kappa shape index (κ1) is 29.6. The molecule has 200 valence electrons. The number of hydrogen-bond donors (Lipinski definition) is 0. The zero-order valence-corrected chi connectivity index (χ0v) is 23.9. The normalized spacial score (nSPS) is 13.2. The molecule has 2 aromatic carbocycles. The van der Waals surface area contributed by atoms with Crippen LogP contribution in [0.3, 0.4) is 0 Å². The molecule has 0 aliphatic heterocycles. The van der Waals surface area contributed by atoms with E-state index in [0.29, 0.717) is 22.5 Å². The summed E-state index contributed by atoms with van der Waals surface area (Å²) in [6.07, 6.45) is 11.4. The largest absolute Gasteiger partial charge is 0.252 e. The van der Waals surface area contributed by atoms with Crippen LogP contribution in [-0.2, 0) is 18.5 Å². The second-order valence-corrected chi connectivity index (χ2v) is 10.4. The van der Waals surface area contributed by atoms with Gasteiger partial charge in [0, 0.05) is 27.5 Å². The van der Waals surface area contributed by atoms with Gasteiger partial charge in [0.2, 0.25) is 0 Å². The van der Waals surface area contributed by atoms with Gasteiger partial charge in [-0.3, -0.25) is 9.36 Å². The third-order valence-electron chi connectivity index (χ3n) is 6.38. The highest BCUT2D eigenvalue weighted by Crippen LogP contribution is 2.33. The molecular formula is C28H32Cl3N7. The van der Waals surface area contributed by atoms with Crippen molar-refractivity contribution < 1.29 is 0 Å². The van der Waals surface area contributed by atoms with Crippen LogP contribution in [0.1, 0.15) is 63.0 Å². The Hall–Kier alpha value is -2.92. The third-order valence-corrected chi connectivity index (χ3v) is 7.19. The zero-order chi connectivity index (χ0) is 27.4. The maximum Gasteiger partial charge on any atom is 0.137 e. The standard InChI is InChI=1S/C15H17ClN4.C13H15Cl2N3/c1-2-3-8-15(9-17,10-20-12-18-11-19-20)13-4-6-14(16)7-5-13;1-2-3-10(7-18-9-16-8-17-18)12-5-4-11(14)6-13(12)15/h4-7,11-12H,2-3,8,10H2,1H3;4-6,8-10H,2-3,7H2,1H3. The van der Waals surface area contributed by atoms with Gasteiger partial charge < -0.3 is 0 Å². The van der Waals surface area contributed by atoms with Crippen molar-refractivity contribution in [1.82, 2.24) is 29.5 Å². The maximum atomic E-state index is 9.78. The molecule has 0 aliphatic rings. The van der Waals surface area contributed by atoms with Gasteiger partial charge >= 0.3 is 0 Å². The van der Waals surface area contributed by atoms with Gasteiger partial charge in [0.1, 0.15) is 30.7 Å². The van der Waals surface area contributed by atoms with Crippen molar-refractivity contribution >= 4 is 34.8 Å². The Bertz CT molecular complexity index is 1270. The lowest BCUT2D eigenvalue weighted by Crippen LogP contribution is -2.30. The maximum absolute atomic E-state index is 9.78. The topological polar surface area (TPSA) is 85.2 Å². The molecule has 4 rings (SSSR count). The van der Waals surface area contributed by atoms with Crippen molar-refractivity contribution in [2.24, 2.45) is 0 Å². The summed E-state index contributed by atoms with van der Waals surface area (Å²) in [6.45, 7) is 5.58. The molecule has 0 saturated carbocycles. The predicted octanol–water partition coefficient (Wildman–Crippen LogP) is 7.75. The number of aromatic nitrogens is 6. The number of halogens is 3. The molecule has 2 unspecified atom stereocenters. The Balaban J connectivity index is 0.000000212. The smallest absolute Gasteiger partial charge is 0.137 e. The van der Waals surface area contributed by atoms with E-state index < -0.39 is 5.41 Å². The van der Waals surface area contributed by atoms with Crippen LogP contribution >= 0.6 is 34.8 Å². The second kappa shape index (κ2) is 14.9. The van der Waals surface area contributed by atoms with Crippen molar-refractivity contribution in [1.29, 1.82) is 5.26 Å². The molecule has 7 nitrogen and oxygen atoms in total. The van der Waals surface area contributed by atoms with Gasteiger partial charge in [-0.05, 0) is 48.2 Å². The van der Waals surface area contributed by atoms with Crippen molar-refractivity contribution in [3.63, 3.8) is 0 Å². The van der Waals surface area contributed by atoms with Gasteiger partial charge in [0.25, 0.3) is 0 Å². The fourth-order valence-electron chi connectivity index (χ4n) is 4.39. The molecule has 38 heavy (non-hydrogen) atoms. The third kappa shape index (κ3) is 8.29. The molecule has 2 aromatic heterocycles. The van der Waals surface area contributed by atoms with Gasteiger partial charge in [0.15, 0.2) is 0 Å². The molecule has 0 fully saturated rings. The fourth-order valence-corrected chi connectivity index (χ4v) is 5.08. The van der Waals surface area contributed by atoms with Crippen LogP contribution in [0.15, 0.2) is 67.8 Å². The Kier molecular flexibility index (Phi) is 11.6. The Morgan fingerprint density at radius 1 is 0.895 bits per heavy atom. The number of benzene rings is 2. The SMILES string of the molecule is CCCC(Cn1cncn1)c1ccc(Cl)cc1Cl.CCCCC(C#N)(Cn1cncn1)c1ccc(Cl)cc1. The van der Waals surface area contributed by atoms with Crippen LogP contribution in [0.5, 0.6) is 0 Å². The average Bonchev–Trinajstić information content (AvgIpc) is 3.62. The molecule has 10 heteroatoms. The number of unbranched alkanes of at least 4 members (excludes halogenated alkanes) is 1. The number of hydrogen-bond acceptors (Lipinski definition) is 5. The molecule has 0 spiro atoms.